The largest absolute Gasteiger partial charge is 0.379 e. The van der Waals surface area contributed by atoms with Crippen molar-refractivity contribution in [2.24, 2.45) is 0 Å². The lowest BCUT2D eigenvalue weighted by atomic mass is 10.1. The summed E-state index contributed by atoms with van der Waals surface area (Å²) < 4.78 is 19.4. The number of pyridine rings is 1. The van der Waals surface area contributed by atoms with Gasteiger partial charge in [0.25, 0.3) is 5.69 Å². The molecule has 6 nitrogen and oxygen atoms in total. The zero-order valence-electron chi connectivity index (χ0n) is 10.5. The van der Waals surface area contributed by atoms with Crippen molar-refractivity contribution in [1.29, 1.82) is 0 Å². The van der Waals surface area contributed by atoms with Gasteiger partial charge in [0.2, 0.25) is 0 Å². The van der Waals surface area contributed by atoms with Gasteiger partial charge in [-0.25, -0.2) is 4.39 Å². The van der Waals surface area contributed by atoms with Gasteiger partial charge in [0.15, 0.2) is 5.82 Å². The second kappa shape index (κ2) is 5.01. The molecule has 1 atom stereocenters. The van der Waals surface area contributed by atoms with Crippen LogP contribution in [0.4, 0.5) is 15.8 Å². The number of fused-ring (bicyclic) bond motifs is 1. The molecular weight excluding hydrogens is 265 g/mol. The molecule has 0 saturated carbocycles. The molecule has 2 heterocycles. The topological polar surface area (TPSA) is 77.3 Å². The zero-order valence-corrected chi connectivity index (χ0v) is 10.5. The first-order valence-corrected chi connectivity index (χ1v) is 6.22. The Morgan fingerprint density at radius 3 is 3.10 bits per heavy atom. The van der Waals surface area contributed by atoms with Crippen LogP contribution < -0.4 is 5.32 Å². The van der Waals surface area contributed by atoms with E-state index < -0.39 is 10.7 Å². The Hall–Kier alpha value is -2.28. The minimum atomic E-state index is -0.671. The maximum Gasteiger partial charge on any atom is 0.281 e. The van der Waals surface area contributed by atoms with Gasteiger partial charge in [-0.2, -0.15) is 0 Å². The molecule has 3 rings (SSSR count). The van der Waals surface area contributed by atoms with Gasteiger partial charge in [0.1, 0.15) is 5.52 Å². The van der Waals surface area contributed by atoms with Crippen LogP contribution in [0.1, 0.15) is 6.42 Å². The maximum atomic E-state index is 14.1. The van der Waals surface area contributed by atoms with Crippen LogP contribution in [0.3, 0.4) is 0 Å². The van der Waals surface area contributed by atoms with Gasteiger partial charge in [-0.1, -0.05) is 0 Å². The molecule has 7 heteroatoms. The molecular formula is C13H12FN3O3. The number of hydrogen-bond acceptors (Lipinski definition) is 5. The predicted octanol–water partition coefficient (Wildman–Crippen LogP) is 2.48. The second-order valence-corrected chi connectivity index (χ2v) is 4.61. The third-order valence-electron chi connectivity index (χ3n) is 3.30. The maximum absolute atomic E-state index is 14.1. The highest BCUT2D eigenvalue weighted by atomic mass is 19.1. The van der Waals surface area contributed by atoms with Crippen LogP contribution in [-0.4, -0.2) is 29.2 Å². The number of benzene rings is 1. The highest BCUT2D eigenvalue weighted by molar-refractivity contribution is 5.97. The number of ether oxygens (including phenoxy) is 1. The van der Waals surface area contributed by atoms with E-state index in [1.54, 1.807) is 12.1 Å². The molecule has 1 aliphatic rings. The fourth-order valence-electron chi connectivity index (χ4n) is 2.34. The molecule has 1 aromatic carbocycles. The van der Waals surface area contributed by atoms with Gasteiger partial charge in [0.05, 0.1) is 34.7 Å². The van der Waals surface area contributed by atoms with E-state index >= 15 is 0 Å². The first kappa shape index (κ1) is 12.7. The number of hydrogen-bond donors (Lipinski definition) is 1. The zero-order chi connectivity index (χ0) is 14.1. The summed E-state index contributed by atoms with van der Waals surface area (Å²) in [5.41, 5.74) is 0.187. The molecule has 1 aliphatic heterocycles. The van der Waals surface area contributed by atoms with E-state index in [0.29, 0.717) is 18.6 Å². The highest BCUT2D eigenvalue weighted by Crippen LogP contribution is 2.33. The standard InChI is InChI=1S/C13H12FN3O3/c14-10-6-11(17(18)19)9-2-1-4-15-12(9)13(10)16-8-3-5-20-7-8/h1-2,4,6,8,16H,3,5,7H2. The van der Waals surface area contributed by atoms with Crippen LogP contribution >= 0.6 is 0 Å². The van der Waals surface area contributed by atoms with Gasteiger partial charge in [-0.05, 0) is 18.6 Å². The van der Waals surface area contributed by atoms with Gasteiger partial charge in [-0.15, -0.1) is 0 Å². The van der Waals surface area contributed by atoms with Crippen LogP contribution in [0.5, 0.6) is 0 Å². The summed E-state index contributed by atoms with van der Waals surface area (Å²) in [5, 5.41) is 14.3. The van der Waals surface area contributed by atoms with E-state index in [2.05, 4.69) is 10.3 Å². The summed E-state index contributed by atoms with van der Waals surface area (Å²) in [6.45, 7) is 1.11. The SMILES string of the molecule is O=[N+]([O-])c1cc(F)c(NC2CCOC2)c2ncccc12. The van der Waals surface area contributed by atoms with E-state index in [1.165, 1.54) is 6.20 Å². The van der Waals surface area contributed by atoms with Crippen LogP contribution in [0, 0.1) is 15.9 Å². The lowest BCUT2D eigenvalue weighted by Gasteiger charge is -2.14. The molecule has 1 aromatic heterocycles. The van der Waals surface area contributed by atoms with E-state index in [1.807, 2.05) is 0 Å². The molecule has 2 aromatic rings. The lowest BCUT2D eigenvalue weighted by molar-refractivity contribution is -0.383. The molecule has 0 spiro atoms. The van der Waals surface area contributed by atoms with Crippen LogP contribution in [-0.2, 0) is 4.74 Å². The number of nitro benzene ring substituents is 1. The summed E-state index contributed by atoms with van der Waals surface area (Å²) in [6.07, 6.45) is 2.26. The van der Waals surface area contributed by atoms with Gasteiger partial charge in [-0.3, -0.25) is 15.1 Å². The fraction of sp³-hybridized carbons (Fsp3) is 0.308. The normalized spacial score (nSPS) is 18.4. The smallest absolute Gasteiger partial charge is 0.281 e. The van der Waals surface area contributed by atoms with Gasteiger partial charge in [0, 0.05) is 12.8 Å². The van der Waals surface area contributed by atoms with Crippen molar-refractivity contribution in [3.05, 3.63) is 40.3 Å². The number of anilines is 1. The Bertz CT molecular complexity index is 671. The fourth-order valence-corrected chi connectivity index (χ4v) is 2.34. The molecule has 104 valence electrons. The molecule has 1 unspecified atom stereocenters. The quantitative estimate of drug-likeness (QED) is 0.689. The van der Waals surface area contributed by atoms with Crippen molar-refractivity contribution in [2.45, 2.75) is 12.5 Å². The Morgan fingerprint density at radius 1 is 1.55 bits per heavy atom. The molecule has 0 bridgehead atoms. The van der Waals surface area contributed by atoms with E-state index in [0.717, 1.165) is 12.5 Å². The van der Waals surface area contributed by atoms with E-state index in [-0.39, 0.29) is 22.9 Å². The molecule has 1 fully saturated rings. The van der Waals surface area contributed by atoms with Crippen LogP contribution in [0.25, 0.3) is 10.9 Å². The van der Waals surface area contributed by atoms with Crippen molar-refractivity contribution in [1.82, 2.24) is 4.98 Å². The number of rotatable bonds is 3. The lowest BCUT2D eigenvalue weighted by Crippen LogP contribution is -2.20. The Labute approximate surface area is 113 Å². The first-order valence-electron chi connectivity index (χ1n) is 6.22. The van der Waals surface area contributed by atoms with Gasteiger partial charge >= 0.3 is 0 Å². The second-order valence-electron chi connectivity index (χ2n) is 4.61. The number of aromatic nitrogens is 1. The van der Waals surface area contributed by atoms with Crippen LogP contribution in [0.2, 0.25) is 0 Å². The third-order valence-corrected chi connectivity index (χ3v) is 3.30. The van der Waals surface area contributed by atoms with E-state index in [9.17, 15) is 14.5 Å². The molecule has 20 heavy (non-hydrogen) atoms. The Kier molecular flexibility index (Phi) is 3.19. The summed E-state index contributed by atoms with van der Waals surface area (Å²) >= 11 is 0. The van der Waals surface area contributed by atoms with Gasteiger partial charge < -0.3 is 10.1 Å². The number of nitrogens with zero attached hydrogens (tertiary/aromatic N) is 2. The van der Waals surface area contributed by atoms with E-state index in [4.69, 9.17) is 4.74 Å². The molecule has 0 radical (unpaired) electrons. The summed E-state index contributed by atoms with van der Waals surface area (Å²) in [4.78, 5) is 14.5. The van der Waals surface area contributed by atoms with Crippen molar-refractivity contribution in [2.75, 3.05) is 18.5 Å². The predicted molar refractivity (Wildman–Crippen MR) is 71.2 cm³/mol. The van der Waals surface area contributed by atoms with Crippen LogP contribution in [0.15, 0.2) is 24.4 Å². The Morgan fingerprint density at radius 2 is 2.40 bits per heavy atom. The number of nitro groups is 1. The average Bonchev–Trinajstić information content (AvgIpc) is 2.94. The first-order chi connectivity index (χ1) is 9.66. The molecule has 0 aliphatic carbocycles. The summed E-state index contributed by atoms with van der Waals surface area (Å²) in [6, 6.07) is 4.09. The minimum absolute atomic E-state index is 0.00355. The minimum Gasteiger partial charge on any atom is -0.379 e. The van der Waals surface area contributed by atoms with Crippen molar-refractivity contribution >= 4 is 22.3 Å². The monoisotopic (exact) mass is 277 g/mol. The number of halogens is 1. The van der Waals surface area contributed by atoms with Crippen molar-refractivity contribution in [3.8, 4) is 0 Å². The molecule has 0 amide bonds. The third kappa shape index (κ3) is 2.16. The summed E-state index contributed by atoms with van der Waals surface area (Å²) in [5.74, 6) is -0.671. The Balaban J connectivity index is 2.13. The van der Waals surface area contributed by atoms with Crippen molar-refractivity contribution < 1.29 is 14.1 Å². The average molecular weight is 277 g/mol. The number of non-ortho nitro benzene ring substituents is 1. The number of nitrogens with one attached hydrogen (secondary N) is 1. The molecule has 1 N–H and O–H groups in total. The summed E-state index contributed by atoms with van der Waals surface area (Å²) in [7, 11) is 0. The van der Waals surface area contributed by atoms with Crippen molar-refractivity contribution in [3.63, 3.8) is 0 Å². The highest BCUT2D eigenvalue weighted by Gasteiger charge is 2.23. The molecule has 1 saturated heterocycles.